The van der Waals surface area contributed by atoms with Gasteiger partial charge >= 0.3 is 6.09 Å². The fourth-order valence-corrected chi connectivity index (χ4v) is 6.47. The van der Waals surface area contributed by atoms with Crippen molar-refractivity contribution in [1.82, 2.24) is 24.4 Å². The Kier molecular flexibility index (Phi) is 7.87. The van der Waals surface area contributed by atoms with Gasteiger partial charge in [0.05, 0.1) is 6.33 Å². The molecule has 12 heteroatoms. The summed E-state index contributed by atoms with van der Waals surface area (Å²) in [4.78, 5) is 28.1. The van der Waals surface area contributed by atoms with Gasteiger partial charge < -0.3 is 28.7 Å². The molecular formula is C27H35BrN6O4S. The molecule has 10 nitrogen and oxygen atoms in total. The van der Waals surface area contributed by atoms with Crippen LogP contribution in [0.2, 0.25) is 0 Å². The first-order valence-corrected chi connectivity index (χ1v) is 14.9. The summed E-state index contributed by atoms with van der Waals surface area (Å²) in [5, 5.41) is 8.99. The molecule has 0 radical (unpaired) electrons. The number of nitrogens with zero attached hydrogens (tertiary/aromatic N) is 4. The third-order valence-corrected chi connectivity index (χ3v) is 8.92. The Balaban J connectivity index is 1.29. The number of carbonyl (C=O) groups is 1. The van der Waals surface area contributed by atoms with Gasteiger partial charge in [-0.1, -0.05) is 25.6 Å². The van der Waals surface area contributed by atoms with Crippen molar-refractivity contribution in [2.45, 2.75) is 82.1 Å². The predicted octanol–water partition coefficient (Wildman–Crippen LogP) is 5.94. The van der Waals surface area contributed by atoms with E-state index in [1.54, 1.807) is 6.33 Å². The van der Waals surface area contributed by atoms with E-state index in [0.717, 1.165) is 35.2 Å². The molecule has 1 saturated heterocycles. The number of nitrogens with one attached hydrogen (secondary N) is 2. The van der Waals surface area contributed by atoms with Crippen LogP contribution in [0.4, 0.5) is 4.79 Å². The fraction of sp³-hybridized carbons (Fsp3) is 0.556. The van der Waals surface area contributed by atoms with E-state index >= 15 is 0 Å². The lowest BCUT2D eigenvalue weighted by atomic mass is 9.84. The molecule has 1 amide bonds. The minimum absolute atomic E-state index is 0.144. The van der Waals surface area contributed by atoms with Gasteiger partial charge in [0, 0.05) is 28.5 Å². The van der Waals surface area contributed by atoms with E-state index in [-0.39, 0.29) is 24.4 Å². The molecule has 1 fully saturated rings. The molecule has 39 heavy (non-hydrogen) atoms. The second-order valence-corrected chi connectivity index (χ2v) is 13.3. The van der Waals surface area contributed by atoms with Gasteiger partial charge in [0.2, 0.25) is 6.79 Å². The maximum Gasteiger partial charge on any atom is 0.410 e. The lowest BCUT2D eigenvalue weighted by molar-refractivity contribution is -0.00331. The van der Waals surface area contributed by atoms with E-state index < -0.39 is 5.60 Å². The SMILES string of the molecule is CC(C)[C@@H]1C[C@H](CCn2cnc(=N)c3[nH]c(Sc4cc5c(cc4Br)OCO5)nc32)CCN1C(=O)OC(C)(C)C. The number of aromatic nitrogens is 4. The highest BCUT2D eigenvalue weighted by Crippen LogP contribution is 2.42. The molecule has 0 bridgehead atoms. The van der Waals surface area contributed by atoms with E-state index in [9.17, 15) is 4.79 Å². The summed E-state index contributed by atoms with van der Waals surface area (Å²) in [6.45, 7) is 11.7. The first-order chi connectivity index (χ1) is 18.5. The highest BCUT2D eigenvalue weighted by Gasteiger charge is 2.35. The molecule has 1 aromatic carbocycles. The van der Waals surface area contributed by atoms with Crippen LogP contribution in [-0.4, -0.2) is 55.5 Å². The Bertz CT molecular complexity index is 1430. The van der Waals surface area contributed by atoms with Crippen LogP contribution in [0.1, 0.15) is 53.9 Å². The molecule has 0 aliphatic carbocycles. The number of aromatic amines is 1. The third kappa shape index (κ3) is 6.21. The smallest absolute Gasteiger partial charge is 0.410 e. The maximum absolute atomic E-state index is 12.8. The van der Waals surface area contributed by atoms with Crippen LogP contribution < -0.4 is 15.0 Å². The monoisotopic (exact) mass is 618 g/mol. The van der Waals surface area contributed by atoms with Gasteiger partial charge in [-0.05, 0) is 79.9 Å². The number of hydrogen-bond acceptors (Lipinski definition) is 8. The number of hydrogen-bond donors (Lipinski definition) is 2. The minimum Gasteiger partial charge on any atom is -0.454 e. The van der Waals surface area contributed by atoms with E-state index in [1.165, 1.54) is 11.8 Å². The molecule has 210 valence electrons. The molecule has 0 unspecified atom stereocenters. The summed E-state index contributed by atoms with van der Waals surface area (Å²) in [5.74, 6) is 2.21. The third-order valence-electron chi connectivity index (χ3n) is 7.06. The normalized spacial score (nSPS) is 19.2. The van der Waals surface area contributed by atoms with Gasteiger partial charge in [0.25, 0.3) is 0 Å². The zero-order valence-corrected chi connectivity index (χ0v) is 25.3. The molecule has 3 aromatic rings. The fourth-order valence-electron chi connectivity index (χ4n) is 5.09. The number of halogens is 1. The van der Waals surface area contributed by atoms with Crippen LogP contribution in [0.15, 0.2) is 33.0 Å². The highest BCUT2D eigenvalue weighted by molar-refractivity contribution is 9.10. The standard InChI is InChI=1S/C27H35BrN6O4S/c1-15(2)18-10-16(7-9-34(18)26(35)38-27(3,4)5)6-8-33-13-30-23(29)22-24(33)32-25(31-22)39-21-12-20-19(11-17(21)28)36-14-37-20/h11-13,15-16,18,29H,6-10,14H2,1-5H3,(H,31,32)/t16-,18+/m1/s1. The molecule has 2 aliphatic rings. The largest absolute Gasteiger partial charge is 0.454 e. The number of piperidine rings is 1. The quantitative estimate of drug-likeness (QED) is 0.351. The van der Waals surface area contributed by atoms with Gasteiger partial charge in [-0.25, -0.2) is 14.8 Å². The summed E-state index contributed by atoms with van der Waals surface area (Å²) in [6, 6.07) is 3.96. The second kappa shape index (κ2) is 11.0. The summed E-state index contributed by atoms with van der Waals surface area (Å²) in [6.07, 6.45) is 4.28. The summed E-state index contributed by atoms with van der Waals surface area (Å²) < 4.78 is 19.6. The molecule has 5 rings (SSSR count). The summed E-state index contributed by atoms with van der Waals surface area (Å²) in [5.41, 5.74) is 0.974. The number of rotatable bonds is 6. The van der Waals surface area contributed by atoms with Gasteiger partial charge in [0.15, 0.2) is 27.8 Å². The predicted molar refractivity (Wildman–Crippen MR) is 151 cm³/mol. The Morgan fingerprint density at radius 3 is 2.77 bits per heavy atom. The Labute approximate surface area is 240 Å². The van der Waals surface area contributed by atoms with Crippen LogP contribution in [0, 0.1) is 17.2 Å². The van der Waals surface area contributed by atoms with E-state index in [1.807, 2.05) is 42.4 Å². The Morgan fingerprint density at radius 1 is 1.31 bits per heavy atom. The Morgan fingerprint density at radius 2 is 2.05 bits per heavy atom. The number of imidazole rings is 1. The molecule has 4 heterocycles. The van der Waals surface area contributed by atoms with Gasteiger partial charge in [-0.15, -0.1) is 0 Å². The summed E-state index contributed by atoms with van der Waals surface area (Å²) >= 11 is 5.06. The number of benzene rings is 1. The topological polar surface area (TPSA) is 118 Å². The lowest BCUT2D eigenvalue weighted by Crippen LogP contribution is -2.50. The maximum atomic E-state index is 12.8. The number of carbonyl (C=O) groups excluding carboxylic acids is 1. The van der Waals surface area contributed by atoms with Crippen molar-refractivity contribution >= 4 is 44.9 Å². The summed E-state index contributed by atoms with van der Waals surface area (Å²) in [7, 11) is 0. The van der Waals surface area contributed by atoms with Gasteiger partial charge in [0.1, 0.15) is 11.1 Å². The zero-order valence-electron chi connectivity index (χ0n) is 22.9. The number of H-pyrrole nitrogens is 1. The number of amides is 1. The van der Waals surface area contributed by atoms with Crippen LogP contribution in [-0.2, 0) is 11.3 Å². The van der Waals surface area contributed by atoms with E-state index in [0.29, 0.717) is 46.2 Å². The number of aryl methyl sites for hydroxylation is 1. The Hall–Kier alpha value is -2.73. The average Bonchev–Trinajstić information content (AvgIpc) is 3.50. The van der Waals surface area contributed by atoms with Crippen molar-refractivity contribution in [2.24, 2.45) is 11.8 Å². The van der Waals surface area contributed by atoms with E-state index in [2.05, 4.69) is 39.7 Å². The minimum atomic E-state index is -0.506. The van der Waals surface area contributed by atoms with E-state index in [4.69, 9.17) is 24.6 Å². The van der Waals surface area contributed by atoms with Crippen LogP contribution >= 0.6 is 27.7 Å². The van der Waals surface area contributed by atoms with Crippen molar-refractivity contribution in [2.75, 3.05) is 13.3 Å². The molecule has 0 spiro atoms. The first-order valence-electron chi connectivity index (χ1n) is 13.2. The second-order valence-electron chi connectivity index (χ2n) is 11.4. The van der Waals surface area contributed by atoms with Crippen molar-refractivity contribution in [3.8, 4) is 11.5 Å². The molecule has 2 atom stereocenters. The zero-order chi connectivity index (χ0) is 27.9. The van der Waals surface area contributed by atoms with Gasteiger partial charge in [-0.3, -0.25) is 5.41 Å². The number of ether oxygens (including phenoxy) is 3. The van der Waals surface area contributed by atoms with Crippen LogP contribution in [0.3, 0.4) is 0 Å². The molecule has 0 saturated carbocycles. The highest BCUT2D eigenvalue weighted by atomic mass is 79.9. The molecular weight excluding hydrogens is 584 g/mol. The van der Waals surface area contributed by atoms with Crippen LogP contribution in [0.5, 0.6) is 11.5 Å². The molecule has 2 N–H and O–H groups in total. The van der Waals surface area contributed by atoms with Crippen molar-refractivity contribution in [1.29, 1.82) is 5.41 Å². The van der Waals surface area contributed by atoms with Crippen molar-refractivity contribution in [3.63, 3.8) is 0 Å². The lowest BCUT2D eigenvalue weighted by Gasteiger charge is -2.42. The van der Waals surface area contributed by atoms with Gasteiger partial charge in [-0.2, -0.15) is 0 Å². The van der Waals surface area contributed by atoms with Crippen LogP contribution in [0.25, 0.3) is 11.2 Å². The van der Waals surface area contributed by atoms with Crippen molar-refractivity contribution in [3.05, 3.63) is 28.4 Å². The number of fused-ring (bicyclic) bond motifs is 2. The molecule has 2 aromatic heterocycles. The first kappa shape index (κ1) is 27.8. The molecule has 2 aliphatic heterocycles. The van der Waals surface area contributed by atoms with Crippen molar-refractivity contribution < 1.29 is 19.0 Å². The average molecular weight is 620 g/mol. The number of likely N-dealkylation sites (tertiary alicyclic amines) is 1.